The molecular formula is C9H5Cl2NO4. The Labute approximate surface area is 100 Å². The quantitative estimate of drug-likeness (QED) is 0.515. The van der Waals surface area contributed by atoms with E-state index in [4.69, 9.17) is 28.3 Å². The Hall–Kier alpha value is -1.59. The Morgan fingerprint density at radius 2 is 2.06 bits per heavy atom. The highest BCUT2D eigenvalue weighted by molar-refractivity contribution is 6.38. The van der Waals surface area contributed by atoms with Crippen molar-refractivity contribution in [3.63, 3.8) is 0 Å². The van der Waals surface area contributed by atoms with Gasteiger partial charge in [0.1, 0.15) is 5.02 Å². The first kappa shape index (κ1) is 12.5. The summed E-state index contributed by atoms with van der Waals surface area (Å²) in [5, 5.41) is 19.0. The van der Waals surface area contributed by atoms with Crippen LogP contribution in [0.1, 0.15) is 5.56 Å². The summed E-state index contributed by atoms with van der Waals surface area (Å²) < 4.78 is 0. The third-order valence-corrected chi connectivity index (χ3v) is 2.42. The second-order valence-electron chi connectivity index (χ2n) is 2.72. The summed E-state index contributed by atoms with van der Waals surface area (Å²) in [7, 11) is 0. The van der Waals surface area contributed by atoms with Gasteiger partial charge in [0.25, 0.3) is 5.69 Å². The minimum Gasteiger partial charge on any atom is -0.478 e. The largest absolute Gasteiger partial charge is 0.478 e. The molecule has 0 radical (unpaired) electrons. The van der Waals surface area contributed by atoms with Crippen LogP contribution in [-0.2, 0) is 4.79 Å². The van der Waals surface area contributed by atoms with E-state index in [1.54, 1.807) is 0 Å². The molecule has 1 N–H and O–H groups in total. The Balaban J connectivity index is 3.32. The van der Waals surface area contributed by atoms with Crippen LogP contribution < -0.4 is 0 Å². The highest BCUT2D eigenvalue weighted by atomic mass is 35.5. The van der Waals surface area contributed by atoms with Gasteiger partial charge < -0.3 is 5.11 Å². The number of aliphatic carboxylic acids is 1. The Kier molecular flexibility index (Phi) is 3.87. The molecule has 7 heteroatoms. The summed E-state index contributed by atoms with van der Waals surface area (Å²) in [5.74, 6) is -1.20. The number of halogens is 2. The molecule has 16 heavy (non-hydrogen) atoms. The number of hydrogen-bond acceptors (Lipinski definition) is 3. The number of rotatable bonds is 3. The lowest BCUT2D eigenvalue weighted by molar-refractivity contribution is -0.384. The van der Waals surface area contributed by atoms with Crippen LogP contribution in [0.2, 0.25) is 10.0 Å². The molecule has 1 rings (SSSR count). The molecule has 84 valence electrons. The van der Waals surface area contributed by atoms with Crippen LogP contribution in [0.3, 0.4) is 0 Å². The number of nitro benzene ring substituents is 1. The zero-order chi connectivity index (χ0) is 12.3. The molecule has 0 fully saturated rings. The maximum atomic E-state index is 10.6. The van der Waals surface area contributed by atoms with Crippen LogP contribution in [0.25, 0.3) is 6.08 Å². The average molecular weight is 262 g/mol. The molecule has 1 aromatic rings. The Morgan fingerprint density at radius 3 is 2.56 bits per heavy atom. The zero-order valence-corrected chi connectivity index (χ0v) is 9.20. The molecule has 0 bridgehead atoms. The molecule has 0 atom stereocenters. The van der Waals surface area contributed by atoms with Gasteiger partial charge in [0.15, 0.2) is 0 Å². The normalized spacial score (nSPS) is 10.6. The van der Waals surface area contributed by atoms with Gasteiger partial charge in [0.05, 0.1) is 4.92 Å². The molecular weight excluding hydrogens is 257 g/mol. The van der Waals surface area contributed by atoms with Crippen LogP contribution in [0.15, 0.2) is 18.2 Å². The molecule has 0 aromatic heterocycles. The summed E-state index contributed by atoms with van der Waals surface area (Å²) in [6.45, 7) is 0. The van der Waals surface area contributed by atoms with Gasteiger partial charge in [0.2, 0.25) is 0 Å². The minimum atomic E-state index is -1.20. The second-order valence-corrected chi connectivity index (χ2v) is 3.51. The summed E-state index contributed by atoms with van der Waals surface area (Å²) in [6.07, 6.45) is 1.91. The van der Waals surface area contributed by atoms with Crippen molar-refractivity contribution in [2.24, 2.45) is 0 Å². The first-order valence-electron chi connectivity index (χ1n) is 3.97. The van der Waals surface area contributed by atoms with E-state index in [-0.39, 0.29) is 21.3 Å². The van der Waals surface area contributed by atoms with E-state index in [0.29, 0.717) is 0 Å². The lowest BCUT2D eigenvalue weighted by atomic mass is 10.2. The fraction of sp³-hybridized carbons (Fsp3) is 0. The molecule has 0 spiro atoms. The minimum absolute atomic E-state index is 0.111. The fourth-order valence-electron chi connectivity index (χ4n) is 1.01. The number of hydrogen-bond donors (Lipinski definition) is 1. The SMILES string of the molecule is O=C(O)C=Cc1c(Cl)ccc([N+](=O)[O-])c1Cl. The number of benzene rings is 1. The summed E-state index contributed by atoms with van der Waals surface area (Å²) >= 11 is 11.5. The summed E-state index contributed by atoms with van der Waals surface area (Å²) in [4.78, 5) is 20.2. The van der Waals surface area contributed by atoms with Crippen LogP contribution in [0, 0.1) is 10.1 Å². The highest BCUT2D eigenvalue weighted by Crippen LogP contribution is 2.33. The van der Waals surface area contributed by atoms with Crippen molar-refractivity contribution >= 4 is 40.9 Å². The van der Waals surface area contributed by atoms with Crippen molar-refractivity contribution in [3.8, 4) is 0 Å². The Morgan fingerprint density at radius 1 is 1.44 bits per heavy atom. The lowest BCUT2D eigenvalue weighted by Gasteiger charge is -2.01. The third-order valence-electron chi connectivity index (χ3n) is 1.70. The zero-order valence-electron chi connectivity index (χ0n) is 7.68. The molecule has 1 aromatic carbocycles. The van der Waals surface area contributed by atoms with Crippen LogP contribution in [-0.4, -0.2) is 16.0 Å². The van der Waals surface area contributed by atoms with Gasteiger partial charge in [-0.25, -0.2) is 4.79 Å². The van der Waals surface area contributed by atoms with Crippen molar-refractivity contribution < 1.29 is 14.8 Å². The molecule has 0 aliphatic heterocycles. The van der Waals surface area contributed by atoms with Crippen LogP contribution in [0.5, 0.6) is 0 Å². The maximum Gasteiger partial charge on any atom is 0.328 e. The van der Waals surface area contributed by atoms with Gasteiger partial charge in [-0.3, -0.25) is 10.1 Å². The molecule has 0 unspecified atom stereocenters. The summed E-state index contributed by atoms with van der Waals surface area (Å²) in [5.41, 5.74) is -0.212. The molecule has 5 nitrogen and oxygen atoms in total. The van der Waals surface area contributed by atoms with E-state index >= 15 is 0 Å². The lowest BCUT2D eigenvalue weighted by Crippen LogP contribution is -1.92. The molecule has 0 saturated carbocycles. The molecule has 0 heterocycles. The molecule has 0 saturated heterocycles. The number of carboxylic acids is 1. The van der Waals surface area contributed by atoms with E-state index in [1.165, 1.54) is 6.07 Å². The third kappa shape index (κ3) is 2.71. The number of nitrogens with zero attached hydrogens (tertiary/aromatic N) is 1. The monoisotopic (exact) mass is 261 g/mol. The van der Waals surface area contributed by atoms with Gasteiger partial charge in [-0.1, -0.05) is 23.2 Å². The molecule has 0 amide bonds. The topological polar surface area (TPSA) is 80.4 Å². The smallest absolute Gasteiger partial charge is 0.328 e. The van der Waals surface area contributed by atoms with Gasteiger partial charge in [0, 0.05) is 22.7 Å². The Bertz CT molecular complexity index is 485. The van der Waals surface area contributed by atoms with Crippen molar-refractivity contribution in [1.82, 2.24) is 0 Å². The first-order chi connectivity index (χ1) is 7.43. The van der Waals surface area contributed by atoms with Crippen molar-refractivity contribution in [2.75, 3.05) is 0 Å². The van der Waals surface area contributed by atoms with Gasteiger partial charge in [-0.15, -0.1) is 0 Å². The van der Waals surface area contributed by atoms with Gasteiger partial charge in [-0.05, 0) is 12.1 Å². The van der Waals surface area contributed by atoms with E-state index in [9.17, 15) is 14.9 Å². The maximum absolute atomic E-state index is 10.6. The van der Waals surface area contributed by atoms with Crippen molar-refractivity contribution in [1.29, 1.82) is 0 Å². The van der Waals surface area contributed by atoms with Crippen LogP contribution >= 0.6 is 23.2 Å². The fourth-order valence-corrected chi connectivity index (χ4v) is 1.57. The number of carbonyl (C=O) groups is 1. The standard InChI is InChI=1S/C9H5Cl2NO4/c10-6-2-3-7(12(15)16)9(11)5(6)1-4-8(13)14/h1-4H,(H,13,14). The molecule has 0 aliphatic rings. The van der Waals surface area contributed by atoms with E-state index in [2.05, 4.69) is 0 Å². The van der Waals surface area contributed by atoms with E-state index < -0.39 is 10.9 Å². The van der Waals surface area contributed by atoms with Gasteiger partial charge in [-0.2, -0.15) is 0 Å². The number of nitro groups is 1. The first-order valence-corrected chi connectivity index (χ1v) is 4.72. The number of carboxylic acid groups (broad SMARTS) is 1. The predicted octanol–water partition coefficient (Wildman–Crippen LogP) is 3.00. The predicted molar refractivity (Wildman–Crippen MR) is 59.8 cm³/mol. The van der Waals surface area contributed by atoms with Crippen molar-refractivity contribution in [3.05, 3.63) is 43.9 Å². The summed E-state index contributed by atoms with van der Waals surface area (Å²) in [6, 6.07) is 2.44. The molecule has 0 aliphatic carbocycles. The van der Waals surface area contributed by atoms with Crippen LogP contribution in [0.4, 0.5) is 5.69 Å². The van der Waals surface area contributed by atoms with E-state index in [0.717, 1.165) is 18.2 Å². The van der Waals surface area contributed by atoms with Gasteiger partial charge >= 0.3 is 5.97 Å². The highest BCUT2D eigenvalue weighted by Gasteiger charge is 2.16. The van der Waals surface area contributed by atoms with E-state index in [1.807, 2.05) is 0 Å². The second kappa shape index (κ2) is 4.96. The van der Waals surface area contributed by atoms with Crippen molar-refractivity contribution in [2.45, 2.75) is 0 Å². The average Bonchev–Trinajstić information content (AvgIpc) is 2.16.